The molecule has 2 N–H and O–H groups in total. The zero-order valence-electron chi connectivity index (χ0n) is 9.89. The highest BCUT2D eigenvalue weighted by Crippen LogP contribution is 2.16. The zero-order valence-corrected chi connectivity index (χ0v) is 9.89. The number of nitrogens with one attached hydrogen (secondary N) is 2. The number of rotatable bonds is 7. The molecule has 0 aromatic rings. The molecule has 0 saturated heterocycles. The first-order valence-electron chi connectivity index (χ1n) is 5.40. The minimum Gasteiger partial charge on any atom is -0.356 e. The molecule has 1 amide bonds. The highest BCUT2D eigenvalue weighted by Gasteiger charge is 2.15. The Hall–Kier alpha value is -1.08. The highest BCUT2D eigenvalue weighted by atomic mass is 16.1. The van der Waals surface area contributed by atoms with Crippen LogP contribution in [0.5, 0.6) is 0 Å². The molecule has 0 atom stereocenters. The van der Waals surface area contributed by atoms with Crippen molar-refractivity contribution in [1.29, 1.82) is 5.26 Å². The van der Waals surface area contributed by atoms with Gasteiger partial charge >= 0.3 is 0 Å². The summed E-state index contributed by atoms with van der Waals surface area (Å²) < 4.78 is 0. The molecule has 0 radical (unpaired) electrons. The van der Waals surface area contributed by atoms with Crippen LogP contribution < -0.4 is 10.6 Å². The fraction of sp³-hybridized carbons (Fsp3) is 0.818. The van der Waals surface area contributed by atoms with Gasteiger partial charge in [0.25, 0.3) is 0 Å². The van der Waals surface area contributed by atoms with Crippen LogP contribution in [-0.4, -0.2) is 25.5 Å². The number of carbonyl (C=O) groups is 1. The van der Waals surface area contributed by atoms with Gasteiger partial charge in [-0.15, -0.1) is 0 Å². The monoisotopic (exact) mass is 211 g/mol. The van der Waals surface area contributed by atoms with E-state index in [1.54, 1.807) is 0 Å². The maximum absolute atomic E-state index is 11.1. The maximum atomic E-state index is 11.1. The van der Waals surface area contributed by atoms with E-state index in [4.69, 9.17) is 5.26 Å². The van der Waals surface area contributed by atoms with Gasteiger partial charge in [0.15, 0.2) is 0 Å². The van der Waals surface area contributed by atoms with Gasteiger partial charge in [-0.3, -0.25) is 4.79 Å². The van der Waals surface area contributed by atoms with E-state index in [2.05, 4.69) is 16.7 Å². The third kappa shape index (κ3) is 7.95. The zero-order chi connectivity index (χ0) is 11.7. The quantitative estimate of drug-likeness (QED) is 0.618. The van der Waals surface area contributed by atoms with Crippen LogP contribution in [-0.2, 0) is 4.79 Å². The third-order valence-electron chi connectivity index (χ3n) is 2.13. The summed E-state index contributed by atoms with van der Waals surface area (Å²) >= 11 is 0. The van der Waals surface area contributed by atoms with Crippen molar-refractivity contribution in [2.45, 2.75) is 33.6 Å². The third-order valence-corrected chi connectivity index (χ3v) is 2.13. The molecule has 0 bridgehead atoms. The van der Waals surface area contributed by atoms with Crippen molar-refractivity contribution >= 4 is 5.91 Å². The number of amides is 1. The van der Waals surface area contributed by atoms with E-state index < -0.39 is 0 Å². The van der Waals surface area contributed by atoms with Gasteiger partial charge in [0.2, 0.25) is 5.91 Å². The largest absolute Gasteiger partial charge is 0.356 e. The van der Waals surface area contributed by atoms with Crippen LogP contribution in [0, 0.1) is 16.7 Å². The van der Waals surface area contributed by atoms with Gasteiger partial charge in [-0.1, -0.05) is 0 Å². The van der Waals surface area contributed by atoms with Gasteiger partial charge in [-0.25, -0.2) is 0 Å². The average Bonchev–Trinajstić information content (AvgIpc) is 2.17. The smallest absolute Gasteiger partial charge is 0.221 e. The Balaban J connectivity index is 3.41. The van der Waals surface area contributed by atoms with E-state index >= 15 is 0 Å². The van der Waals surface area contributed by atoms with Crippen LogP contribution in [0.4, 0.5) is 0 Å². The molecule has 0 aliphatic rings. The Kier molecular flexibility index (Phi) is 6.72. The van der Waals surface area contributed by atoms with Crippen molar-refractivity contribution in [3.8, 4) is 6.07 Å². The summed E-state index contributed by atoms with van der Waals surface area (Å²) in [5.41, 5.74) is -0.279. The van der Waals surface area contributed by atoms with Crippen LogP contribution >= 0.6 is 0 Å². The van der Waals surface area contributed by atoms with Crippen molar-refractivity contribution in [3.05, 3.63) is 0 Å². The van der Waals surface area contributed by atoms with Gasteiger partial charge in [-0.2, -0.15) is 5.26 Å². The summed E-state index contributed by atoms with van der Waals surface area (Å²) in [7, 11) is 0. The fourth-order valence-electron chi connectivity index (χ4n) is 1.07. The van der Waals surface area contributed by atoms with E-state index in [9.17, 15) is 4.79 Å². The molecule has 86 valence electrons. The van der Waals surface area contributed by atoms with Gasteiger partial charge in [0.1, 0.15) is 0 Å². The molecule has 0 heterocycles. The van der Waals surface area contributed by atoms with Crippen LogP contribution in [0.2, 0.25) is 0 Å². The predicted molar refractivity (Wildman–Crippen MR) is 60.2 cm³/mol. The molecule has 0 aromatic carbocycles. The lowest BCUT2D eigenvalue weighted by Crippen LogP contribution is -2.29. The Labute approximate surface area is 92.0 Å². The van der Waals surface area contributed by atoms with Crippen LogP contribution in [0.3, 0.4) is 0 Å². The lowest BCUT2D eigenvalue weighted by Gasteiger charge is -2.14. The number of hydrogen-bond donors (Lipinski definition) is 2. The summed E-state index contributed by atoms with van der Waals surface area (Å²) in [6.07, 6.45) is 1.31. The molecule has 0 saturated carbocycles. The molecule has 0 unspecified atom stereocenters. The topological polar surface area (TPSA) is 64.9 Å². The average molecular weight is 211 g/mol. The van der Waals surface area contributed by atoms with Crippen LogP contribution in [0.25, 0.3) is 0 Å². The predicted octanol–water partition coefficient (Wildman–Crippen LogP) is 1.04. The number of carbonyl (C=O) groups excluding carboxylic acids is 1. The van der Waals surface area contributed by atoms with Crippen LogP contribution in [0.1, 0.15) is 33.6 Å². The molecule has 4 nitrogen and oxygen atoms in total. The summed E-state index contributed by atoms with van der Waals surface area (Å²) in [6.45, 7) is 7.87. The lowest BCUT2D eigenvalue weighted by molar-refractivity contribution is -0.120. The van der Waals surface area contributed by atoms with E-state index in [1.165, 1.54) is 0 Å². The van der Waals surface area contributed by atoms with Crippen molar-refractivity contribution in [1.82, 2.24) is 10.6 Å². The molecule has 0 spiro atoms. The van der Waals surface area contributed by atoms with Gasteiger partial charge in [0, 0.05) is 19.5 Å². The Morgan fingerprint density at radius 2 is 2.07 bits per heavy atom. The second-order valence-electron chi connectivity index (χ2n) is 4.20. The van der Waals surface area contributed by atoms with Gasteiger partial charge in [-0.05, 0) is 33.7 Å². The fourth-order valence-corrected chi connectivity index (χ4v) is 1.07. The summed E-state index contributed by atoms with van der Waals surface area (Å²) in [4.78, 5) is 11.1. The van der Waals surface area contributed by atoms with Crippen molar-refractivity contribution in [2.24, 2.45) is 5.41 Å². The Bertz CT molecular complexity index is 230. The molecular weight excluding hydrogens is 190 g/mol. The molecular formula is C11H21N3O. The SMILES string of the molecule is CCNC(=O)CCNCCC(C)(C)C#N. The molecule has 4 heteroatoms. The number of nitrogens with zero attached hydrogens (tertiary/aromatic N) is 1. The molecule has 15 heavy (non-hydrogen) atoms. The van der Waals surface area contributed by atoms with Crippen LogP contribution in [0.15, 0.2) is 0 Å². The van der Waals surface area contributed by atoms with E-state index in [-0.39, 0.29) is 11.3 Å². The normalized spacial score (nSPS) is 10.8. The number of hydrogen-bond acceptors (Lipinski definition) is 3. The first kappa shape index (κ1) is 13.9. The summed E-state index contributed by atoms with van der Waals surface area (Å²) in [5.74, 6) is 0.0737. The Morgan fingerprint density at radius 1 is 1.40 bits per heavy atom. The number of nitriles is 1. The summed E-state index contributed by atoms with van der Waals surface area (Å²) in [6, 6.07) is 2.24. The molecule has 0 fully saturated rings. The molecule has 0 aliphatic heterocycles. The minimum atomic E-state index is -0.279. The molecule has 0 rings (SSSR count). The van der Waals surface area contributed by atoms with E-state index in [1.807, 2.05) is 20.8 Å². The molecule has 0 aromatic heterocycles. The van der Waals surface area contributed by atoms with E-state index in [0.717, 1.165) is 13.0 Å². The Morgan fingerprint density at radius 3 is 2.60 bits per heavy atom. The van der Waals surface area contributed by atoms with Crippen molar-refractivity contribution < 1.29 is 4.79 Å². The van der Waals surface area contributed by atoms with Crippen molar-refractivity contribution in [3.63, 3.8) is 0 Å². The van der Waals surface area contributed by atoms with Gasteiger partial charge < -0.3 is 10.6 Å². The first-order chi connectivity index (χ1) is 7.02. The standard InChI is InChI=1S/C11H21N3O/c1-4-14-10(15)5-7-13-8-6-11(2,3)9-12/h13H,4-8H2,1-3H3,(H,14,15). The van der Waals surface area contributed by atoms with E-state index in [0.29, 0.717) is 19.5 Å². The minimum absolute atomic E-state index is 0.0737. The van der Waals surface area contributed by atoms with Crippen molar-refractivity contribution in [2.75, 3.05) is 19.6 Å². The lowest BCUT2D eigenvalue weighted by atomic mass is 9.91. The first-order valence-corrected chi connectivity index (χ1v) is 5.40. The summed E-state index contributed by atoms with van der Waals surface area (Å²) in [5, 5.41) is 14.7. The highest BCUT2D eigenvalue weighted by molar-refractivity contribution is 5.75. The molecule has 0 aliphatic carbocycles. The maximum Gasteiger partial charge on any atom is 0.221 e. The second kappa shape index (κ2) is 7.24. The van der Waals surface area contributed by atoms with Gasteiger partial charge in [0.05, 0.1) is 11.5 Å². The second-order valence-corrected chi connectivity index (χ2v) is 4.20.